The van der Waals surface area contributed by atoms with Crippen LogP contribution in [0.4, 0.5) is 0 Å². The van der Waals surface area contributed by atoms with Gasteiger partial charge in [-0.15, -0.1) is 0 Å². The maximum Gasteiger partial charge on any atom is 4.00 e. The summed E-state index contributed by atoms with van der Waals surface area (Å²) in [4.78, 5) is 0. The van der Waals surface area contributed by atoms with Crippen LogP contribution in [0.25, 0.3) is 0 Å². The number of hydrogen-bond donors (Lipinski definition) is 0. The quantitative estimate of drug-likeness (QED) is 0.322. The molecule has 0 unspecified atom stereocenters. The molecule has 0 spiro atoms. The van der Waals surface area contributed by atoms with E-state index in [0.717, 1.165) is 0 Å². The second-order valence-electron chi connectivity index (χ2n) is 0. The van der Waals surface area contributed by atoms with Crippen molar-refractivity contribution in [1.82, 2.24) is 0 Å². The summed E-state index contributed by atoms with van der Waals surface area (Å²) in [5.41, 5.74) is 0. The first-order chi connectivity index (χ1) is 5.00. The zero-order chi connectivity index (χ0) is 10.0. The van der Waals surface area contributed by atoms with Crippen molar-refractivity contribution in [1.29, 1.82) is 26.3 Å². The van der Waals surface area contributed by atoms with E-state index in [1.165, 1.54) is 0 Å². The van der Waals surface area contributed by atoms with Gasteiger partial charge in [0.25, 0.3) is 0 Å². The van der Waals surface area contributed by atoms with Crippen molar-refractivity contribution in [2.24, 2.45) is 0 Å². The molecule has 0 heterocycles. The molecule has 0 aromatic rings. The first kappa shape index (κ1) is 69.2. The third-order valence-electron chi connectivity index (χ3n) is 0. The smallest absolute Gasteiger partial charge is 0.512 e. The number of nitrogens with zero attached hydrogens (tertiary/aromatic N) is 5. The topological polar surface area (TPSA) is 119 Å². The molecule has 0 atom stereocenters. The molecule has 7 heteroatoms. The molecule has 0 aromatic heterocycles. The van der Waals surface area contributed by atoms with Crippen LogP contribution in [0.1, 0.15) is 0 Å². The van der Waals surface area contributed by atoms with Crippen LogP contribution in [0.2, 0.25) is 0 Å². The van der Waals surface area contributed by atoms with Crippen LogP contribution < -0.4 is 29.6 Å². The van der Waals surface area contributed by atoms with E-state index < -0.39 is 0 Å². The van der Waals surface area contributed by atoms with Crippen molar-refractivity contribution in [3.05, 3.63) is 32.9 Å². The largest absolute Gasteiger partial charge is 4.00 e. The second kappa shape index (κ2) is 755. The number of hydrogen-bond acceptors (Lipinski definition) is 5. The maximum absolute atomic E-state index is 6.25. The first-order valence-corrected chi connectivity index (χ1v) is 1.12. The average Bonchev–Trinajstić information content (AvgIpc) is 2.20. The molecule has 0 aliphatic heterocycles. The third-order valence-corrected chi connectivity index (χ3v) is 0. The molecule has 0 bridgehead atoms. The average molecular weight is 209 g/mol. The van der Waals surface area contributed by atoms with Crippen LogP contribution in [-0.2, 0) is 17.1 Å². The van der Waals surface area contributed by atoms with Gasteiger partial charge in [0.05, 0.1) is 0 Å². The summed E-state index contributed by atoms with van der Waals surface area (Å²) in [5, 5.41) is 31.2. The fourth-order valence-corrected chi connectivity index (χ4v) is 0. The standard InChI is InChI=1S/5CN.Fe.Na/c5*1-2;;/q5*-1;+4;+1. The van der Waals surface area contributed by atoms with Gasteiger partial charge in [0, 0.05) is 0 Å². The molecule has 0 aliphatic rings. The molecule has 0 aliphatic carbocycles. The minimum Gasteiger partial charge on any atom is -0.512 e. The van der Waals surface area contributed by atoms with Gasteiger partial charge >= 0.3 is 46.6 Å². The van der Waals surface area contributed by atoms with Crippen molar-refractivity contribution < 1.29 is 46.6 Å². The van der Waals surface area contributed by atoms with Gasteiger partial charge in [0.1, 0.15) is 0 Å². The van der Waals surface area contributed by atoms with Gasteiger partial charge in [0.2, 0.25) is 0 Å². The minimum absolute atomic E-state index is 0. The summed E-state index contributed by atoms with van der Waals surface area (Å²) in [5.74, 6) is 0. The molecular formula is C5FeN5Na. The van der Waals surface area contributed by atoms with Crippen LogP contribution in [0, 0.1) is 59.2 Å². The molecule has 12 heavy (non-hydrogen) atoms. The normalized spacial score (nSPS) is 0.833. The Morgan fingerprint density at radius 1 is 0.417 bits per heavy atom. The Labute approximate surface area is 105 Å². The van der Waals surface area contributed by atoms with E-state index in [2.05, 4.69) is 0 Å². The summed E-state index contributed by atoms with van der Waals surface area (Å²) < 4.78 is 0. The van der Waals surface area contributed by atoms with Crippen LogP contribution in [-0.4, -0.2) is 0 Å². The Morgan fingerprint density at radius 3 is 0.417 bits per heavy atom. The van der Waals surface area contributed by atoms with Gasteiger partial charge in [-0.2, -0.15) is 0 Å². The van der Waals surface area contributed by atoms with E-state index >= 15 is 0 Å². The molecule has 0 radical (unpaired) electrons. The van der Waals surface area contributed by atoms with Crippen LogP contribution in [0.15, 0.2) is 0 Å². The minimum atomic E-state index is 0. The van der Waals surface area contributed by atoms with Crippen LogP contribution in [0.3, 0.4) is 0 Å². The zero-order valence-electron chi connectivity index (χ0n) is 6.09. The van der Waals surface area contributed by atoms with Crippen LogP contribution >= 0.6 is 0 Å². The number of rotatable bonds is 0. The Bertz CT molecular complexity index is 78.4. The van der Waals surface area contributed by atoms with Gasteiger partial charge in [-0.3, -0.25) is 0 Å². The monoisotopic (exact) mass is 209 g/mol. The molecular weight excluding hydrogens is 209 g/mol. The van der Waals surface area contributed by atoms with E-state index in [1.807, 2.05) is 0 Å². The Morgan fingerprint density at radius 2 is 0.417 bits per heavy atom. The van der Waals surface area contributed by atoms with Gasteiger partial charge in [0.15, 0.2) is 0 Å². The molecule has 0 amide bonds. The molecule has 0 aromatic carbocycles. The summed E-state index contributed by atoms with van der Waals surface area (Å²) >= 11 is 0. The summed E-state index contributed by atoms with van der Waals surface area (Å²) in [6.45, 7) is 23.8. The molecule has 0 fully saturated rings. The second-order valence-corrected chi connectivity index (χ2v) is 0. The van der Waals surface area contributed by atoms with Crippen molar-refractivity contribution in [2.75, 3.05) is 0 Å². The van der Waals surface area contributed by atoms with Crippen molar-refractivity contribution in [3.8, 4) is 0 Å². The fourth-order valence-electron chi connectivity index (χ4n) is 0. The molecule has 0 saturated carbocycles. The predicted molar refractivity (Wildman–Crippen MR) is 24.8 cm³/mol. The Kier molecular flexibility index (Phi) is 4350. The molecule has 54 valence electrons. The maximum atomic E-state index is 6.25. The Balaban J connectivity index is -0.00000000500. The van der Waals surface area contributed by atoms with Gasteiger partial charge in [-0.05, 0) is 0 Å². The molecule has 0 saturated heterocycles. The third kappa shape index (κ3) is 536. The fraction of sp³-hybridized carbons (Fsp3) is 0. The molecule has 0 rings (SSSR count). The van der Waals surface area contributed by atoms with Crippen molar-refractivity contribution in [2.45, 2.75) is 0 Å². The Hall–Kier alpha value is -1.03. The SMILES string of the molecule is [C-]#N.[C-]#N.[C-]#N.[C-]#N.[C-]#N.[Fe+4].[Na+]. The first-order valence-electron chi connectivity index (χ1n) is 1.12. The molecule has 0 N–H and O–H groups in total. The molecule has 5 nitrogen and oxygen atoms in total. The van der Waals surface area contributed by atoms with Gasteiger partial charge in [-0.25, -0.2) is 0 Å². The van der Waals surface area contributed by atoms with E-state index in [1.54, 1.807) is 0 Å². The van der Waals surface area contributed by atoms with Crippen LogP contribution in [0.5, 0.6) is 0 Å². The van der Waals surface area contributed by atoms with Gasteiger partial charge < -0.3 is 59.2 Å². The van der Waals surface area contributed by atoms with E-state index in [9.17, 15) is 0 Å². The predicted octanol–water partition coefficient (Wildman–Crippen LogP) is -2.52. The van der Waals surface area contributed by atoms with E-state index in [4.69, 9.17) is 59.2 Å². The van der Waals surface area contributed by atoms with E-state index in [-0.39, 0.29) is 46.6 Å². The van der Waals surface area contributed by atoms with Crippen molar-refractivity contribution >= 4 is 0 Å². The zero-order valence-corrected chi connectivity index (χ0v) is 9.19. The summed E-state index contributed by atoms with van der Waals surface area (Å²) in [6, 6.07) is 0. The van der Waals surface area contributed by atoms with E-state index in [0.29, 0.717) is 0 Å². The summed E-state index contributed by atoms with van der Waals surface area (Å²) in [7, 11) is 0. The summed E-state index contributed by atoms with van der Waals surface area (Å²) in [6.07, 6.45) is 0. The van der Waals surface area contributed by atoms with Gasteiger partial charge in [-0.1, -0.05) is 0 Å². The van der Waals surface area contributed by atoms with Crippen molar-refractivity contribution in [3.63, 3.8) is 0 Å².